The maximum atomic E-state index is 12.9. The number of nitrogens with one attached hydrogen (secondary N) is 1. The summed E-state index contributed by atoms with van der Waals surface area (Å²) in [5, 5.41) is 8.22. The van der Waals surface area contributed by atoms with Gasteiger partial charge >= 0.3 is 12.4 Å². The van der Waals surface area contributed by atoms with Crippen LogP contribution < -0.4 is 15.0 Å². The number of hydrogen-bond acceptors (Lipinski definition) is 5. The molecule has 1 fully saturated rings. The number of thioether (sulfide) groups is 1. The number of rotatable bonds is 10. The van der Waals surface area contributed by atoms with Crippen LogP contribution in [0.4, 0.5) is 23.7 Å². The molecular formula is C36H41F3N6O2S. The number of carbonyl (C=O) groups is 1. The van der Waals surface area contributed by atoms with E-state index >= 15 is 0 Å². The van der Waals surface area contributed by atoms with E-state index in [1.165, 1.54) is 46.4 Å². The summed E-state index contributed by atoms with van der Waals surface area (Å²) in [4.78, 5) is 24.0. The molecule has 1 saturated heterocycles. The van der Waals surface area contributed by atoms with E-state index in [1.54, 1.807) is 11.8 Å². The number of urea groups is 1. The Balaban J connectivity index is 1.13. The Morgan fingerprint density at radius 2 is 1.81 bits per heavy atom. The number of hydrogen-bond donors (Lipinski definition) is 1. The first-order valence-electron chi connectivity index (χ1n) is 16.1. The molecule has 4 aromatic rings. The molecule has 2 atom stereocenters. The first-order chi connectivity index (χ1) is 22.9. The SMILES string of the molecule is Cc1ccc(C(C)C)c(N2C(=NC(=O)NCCCC(C)c3ccc(-c4ncn(-c5ccc(OC(F)(F)F)cc5)n4)cc3)SCCC2C)c1. The summed E-state index contributed by atoms with van der Waals surface area (Å²) >= 11 is 1.63. The van der Waals surface area contributed by atoms with Crippen molar-refractivity contribution in [3.05, 3.63) is 89.7 Å². The van der Waals surface area contributed by atoms with Crippen molar-refractivity contribution in [3.63, 3.8) is 0 Å². The smallest absolute Gasteiger partial charge is 0.406 e. The molecule has 2 heterocycles. The second kappa shape index (κ2) is 15.3. The van der Waals surface area contributed by atoms with Crippen molar-refractivity contribution in [1.29, 1.82) is 0 Å². The summed E-state index contributed by atoms with van der Waals surface area (Å²) in [5.74, 6) is 1.75. The fourth-order valence-corrected chi connectivity index (χ4v) is 6.87. The predicted octanol–water partition coefficient (Wildman–Crippen LogP) is 9.25. The number of aromatic nitrogens is 3. The number of anilines is 1. The number of benzene rings is 3. The minimum Gasteiger partial charge on any atom is -0.406 e. The maximum Gasteiger partial charge on any atom is 0.573 e. The molecule has 0 aliphatic carbocycles. The van der Waals surface area contributed by atoms with E-state index in [2.05, 4.69) is 82.8 Å². The molecule has 0 spiro atoms. The lowest BCUT2D eigenvalue weighted by molar-refractivity contribution is -0.274. The molecule has 48 heavy (non-hydrogen) atoms. The van der Waals surface area contributed by atoms with Gasteiger partial charge in [-0.2, -0.15) is 4.99 Å². The van der Waals surface area contributed by atoms with Crippen LogP contribution in [0.1, 0.15) is 75.5 Å². The van der Waals surface area contributed by atoms with Gasteiger partial charge in [-0.3, -0.25) is 0 Å². The van der Waals surface area contributed by atoms with E-state index in [1.807, 2.05) is 24.3 Å². The molecule has 2 amide bonds. The van der Waals surface area contributed by atoms with E-state index < -0.39 is 6.36 Å². The zero-order valence-corrected chi connectivity index (χ0v) is 28.6. The van der Waals surface area contributed by atoms with Crippen molar-refractivity contribution < 1.29 is 22.7 Å². The predicted molar refractivity (Wildman–Crippen MR) is 186 cm³/mol. The van der Waals surface area contributed by atoms with Crippen molar-refractivity contribution in [2.75, 3.05) is 17.2 Å². The number of halogens is 3. The minimum atomic E-state index is -4.74. The van der Waals surface area contributed by atoms with E-state index in [0.29, 0.717) is 24.0 Å². The Labute approximate surface area is 283 Å². The van der Waals surface area contributed by atoms with Gasteiger partial charge in [-0.15, -0.1) is 18.3 Å². The van der Waals surface area contributed by atoms with E-state index in [9.17, 15) is 18.0 Å². The summed E-state index contributed by atoms with van der Waals surface area (Å²) in [6.07, 6.45) is -0.512. The van der Waals surface area contributed by atoms with Crippen molar-refractivity contribution in [2.24, 2.45) is 4.99 Å². The third kappa shape index (κ3) is 8.97. The maximum absolute atomic E-state index is 12.9. The molecule has 254 valence electrons. The molecule has 1 aliphatic rings. The number of carbonyl (C=O) groups excluding carboxylic acids is 1. The number of amides is 2. The molecular weight excluding hydrogens is 637 g/mol. The average Bonchev–Trinajstić information content (AvgIpc) is 3.53. The van der Waals surface area contributed by atoms with Gasteiger partial charge in [0.2, 0.25) is 0 Å². The highest BCUT2D eigenvalue weighted by Crippen LogP contribution is 2.35. The largest absolute Gasteiger partial charge is 0.573 e. The van der Waals surface area contributed by atoms with Gasteiger partial charge in [0.25, 0.3) is 0 Å². The molecule has 2 unspecified atom stereocenters. The lowest BCUT2D eigenvalue weighted by Crippen LogP contribution is -2.42. The van der Waals surface area contributed by atoms with Crippen molar-refractivity contribution in [1.82, 2.24) is 20.1 Å². The van der Waals surface area contributed by atoms with Crippen LogP contribution in [0.5, 0.6) is 5.75 Å². The Morgan fingerprint density at radius 3 is 2.50 bits per heavy atom. The van der Waals surface area contributed by atoms with Crippen LogP contribution >= 0.6 is 11.8 Å². The van der Waals surface area contributed by atoms with E-state index in [-0.39, 0.29) is 23.7 Å². The Hall–Kier alpha value is -4.32. The molecule has 12 heteroatoms. The highest BCUT2D eigenvalue weighted by molar-refractivity contribution is 8.14. The highest BCUT2D eigenvalue weighted by atomic mass is 32.2. The lowest BCUT2D eigenvalue weighted by Gasteiger charge is -2.37. The first kappa shape index (κ1) is 35.0. The topological polar surface area (TPSA) is 84.6 Å². The second-order valence-electron chi connectivity index (χ2n) is 12.4. The van der Waals surface area contributed by atoms with Gasteiger partial charge in [0.1, 0.15) is 12.1 Å². The number of aliphatic imine (C=N–C) groups is 1. The van der Waals surface area contributed by atoms with Gasteiger partial charge in [-0.05, 0) is 92.0 Å². The van der Waals surface area contributed by atoms with Gasteiger partial charge in [-0.1, -0.05) is 68.9 Å². The standard InChI is InChI=1S/C36H41F3N6O2S/c1-23(2)31-17-8-24(3)21-32(31)45-26(5)18-20-48-35(45)42-34(46)40-19-6-7-25(4)27-9-11-28(12-10-27)33-41-22-44(43-33)29-13-15-30(16-14-29)47-36(37,38)39/h8-17,21-23,25-26H,6-7,18-20H2,1-5H3,(H,40,46). The number of aryl methyl sites for hydroxylation is 1. The molecule has 8 nitrogen and oxygen atoms in total. The summed E-state index contributed by atoms with van der Waals surface area (Å²) in [7, 11) is 0. The summed E-state index contributed by atoms with van der Waals surface area (Å²) in [6.45, 7) is 11.4. The van der Waals surface area contributed by atoms with Gasteiger partial charge < -0.3 is 15.0 Å². The van der Waals surface area contributed by atoms with Gasteiger partial charge in [0, 0.05) is 29.6 Å². The van der Waals surface area contributed by atoms with E-state index in [4.69, 9.17) is 0 Å². The second-order valence-corrected chi connectivity index (χ2v) is 13.5. The first-order valence-corrected chi connectivity index (χ1v) is 17.1. The fourth-order valence-electron chi connectivity index (χ4n) is 5.66. The van der Waals surface area contributed by atoms with Crippen molar-refractivity contribution in [2.45, 2.75) is 78.1 Å². The zero-order chi connectivity index (χ0) is 34.4. The van der Waals surface area contributed by atoms with Crippen molar-refractivity contribution >= 4 is 28.6 Å². The molecule has 1 aromatic heterocycles. The van der Waals surface area contributed by atoms with Crippen LogP contribution in [0.3, 0.4) is 0 Å². The number of alkyl halides is 3. The lowest BCUT2D eigenvalue weighted by atomic mass is 9.95. The van der Waals surface area contributed by atoms with Gasteiger partial charge in [-0.25, -0.2) is 14.5 Å². The fraction of sp³-hybridized carbons (Fsp3) is 0.389. The highest BCUT2D eigenvalue weighted by Gasteiger charge is 2.31. The van der Waals surface area contributed by atoms with Crippen LogP contribution in [0, 0.1) is 6.92 Å². The third-order valence-corrected chi connectivity index (χ3v) is 9.32. The minimum absolute atomic E-state index is 0.248. The monoisotopic (exact) mass is 678 g/mol. The summed E-state index contributed by atoms with van der Waals surface area (Å²) in [5.41, 5.74) is 6.11. The molecule has 5 rings (SSSR count). The Bertz CT molecular complexity index is 1720. The third-order valence-electron chi connectivity index (χ3n) is 8.33. The Kier molecular flexibility index (Phi) is 11.1. The van der Waals surface area contributed by atoms with E-state index in [0.717, 1.165) is 47.0 Å². The number of nitrogens with zero attached hydrogens (tertiary/aromatic N) is 5. The van der Waals surface area contributed by atoms with Crippen LogP contribution in [0.2, 0.25) is 0 Å². The molecule has 1 aliphatic heterocycles. The van der Waals surface area contributed by atoms with Crippen molar-refractivity contribution in [3.8, 4) is 22.8 Å². The Morgan fingerprint density at radius 1 is 1.08 bits per heavy atom. The molecule has 0 radical (unpaired) electrons. The zero-order valence-electron chi connectivity index (χ0n) is 27.8. The molecule has 0 bridgehead atoms. The molecule has 3 aromatic carbocycles. The average molecular weight is 679 g/mol. The normalized spacial score (nSPS) is 16.7. The van der Waals surface area contributed by atoms with Gasteiger partial charge in [0.15, 0.2) is 11.0 Å². The van der Waals surface area contributed by atoms with Crippen LogP contribution in [0.25, 0.3) is 17.1 Å². The number of amidine groups is 1. The quantitative estimate of drug-likeness (QED) is 0.168. The molecule has 1 N–H and O–H groups in total. The van der Waals surface area contributed by atoms with Crippen LogP contribution in [0.15, 0.2) is 78.0 Å². The van der Waals surface area contributed by atoms with Gasteiger partial charge in [0.05, 0.1) is 5.69 Å². The molecule has 0 saturated carbocycles. The summed E-state index contributed by atoms with van der Waals surface area (Å²) in [6, 6.07) is 19.9. The van der Waals surface area contributed by atoms with Crippen LogP contribution in [-0.2, 0) is 0 Å². The number of ether oxygens (including phenoxy) is 1. The summed E-state index contributed by atoms with van der Waals surface area (Å²) < 4.78 is 42.8. The van der Waals surface area contributed by atoms with Crippen LogP contribution in [-0.4, -0.2) is 50.7 Å².